The summed E-state index contributed by atoms with van der Waals surface area (Å²) in [4.78, 5) is 0. The van der Waals surface area contributed by atoms with Gasteiger partial charge in [0, 0.05) is 5.76 Å². The van der Waals surface area contributed by atoms with Crippen molar-refractivity contribution in [3.8, 4) is 0 Å². The van der Waals surface area contributed by atoms with E-state index in [1.165, 1.54) is 0 Å². The van der Waals surface area contributed by atoms with Crippen molar-refractivity contribution in [3.05, 3.63) is 0 Å². The van der Waals surface area contributed by atoms with Crippen LogP contribution in [-0.4, -0.2) is 23.7 Å². The molecule has 0 aliphatic heterocycles. The van der Waals surface area contributed by atoms with Gasteiger partial charge in [0.1, 0.15) is 10.4 Å². The van der Waals surface area contributed by atoms with Crippen LogP contribution in [-0.2, 0) is 0 Å². The monoisotopic (exact) mass is 185 g/mol. The largest absolute Gasteiger partial charge is 0.339 e. The van der Waals surface area contributed by atoms with Crippen molar-refractivity contribution in [2.75, 3.05) is 13.3 Å². The van der Waals surface area contributed by atoms with E-state index in [4.69, 9.17) is 0 Å². The van der Waals surface area contributed by atoms with Crippen LogP contribution < -0.4 is 0 Å². The minimum atomic E-state index is -0.897. The predicted octanol–water partition coefficient (Wildman–Crippen LogP) is 1.04. The molecule has 0 saturated carbocycles. The van der Waals surface area contributed by atoms with Crippen molar-refractivity contribution in [3.63, 3.8) is 0 Å². The van der Waals surface area contributed by atoms with Crippen LogP contribution in [0, 0.1) is 0 Å². The first-order valence-corrected chi connectivity index (χ1v) is 7.26. The van der Waals surface area contributed by atoms with Gasteiger partial charge in [-0.25, -0.2) is 0 Å². The molecule has 0 aromatic heterocycles. The molecule has 0 heterocycles. The molecule has 0 bridgehead atoms. The molecule has 1 nitrogen and oxygen atoms in total. The maximum Gasteiger partial charge on any atom is 0.134 e. The maximum absolute atomic E-state index is 4.19. The molecule has 4 heteroatoms. The molecule has 0 amide bonds. The minimum absolute atomic E-state index is 0.897. The van der Waals surface area contributed by atoms with Gasteiger partial charge in [0.15, 0.2) is 0 Å². The van der Waals surface area contributed by atoms with Crippen LogP contribution in [0.4, 0.5) is 0 Å². The van der Waals surface area contributed by atoms with Gasteiger partial charge in [0.05, 0.1) is 0 Å². The van der Waals surface area contributed by atoms with Crippen molar-refractivity contribution in [2.24, 2.45) is 4.41 Å². The Bertz CT molecular complexity index is 77.3. The van der Waals surface area contributed by atoms with Gasteiger partial charge < -0.3 is 4.41 Å². The lowest BCUT2D eigenvalue weighted by atomic mass is 11.9. The van der Waals surface area contributed by atoms with Crippen molar-refractivity contribution in [1.29, 1.82) is 0 Å². The molecule has 0 N–H and O–H groups in total. The molecule has 38 valence electrons. The number of hydrogen-bond donors (Lipinski definition) is 0. The first-order valence-electron chi connectivity index (χ1n) is 1.71. The Labute approximate surface area is 49.8 Å². The maximum atomic E-state index is 4.19. The molecule has 0 spiro atoms. The van der Waals surface area contributed by atoms with Gasteiger partial charge in [-0.15, -0.1) is 0 Å². The van der Waals surface area contributed by atoms with E-state index in [9.17, 15) is 0 Å². The fourth-order valence-corrected chi connectivity index (χ4v) is 0. The highest BCUT2D eigenvalue weighted by Gasteiger charge is 1.89. The van der Waals surface area contributed by atoms with E-state index in [0.717, 1.165) is 10.4 Å². The lowest BCUT2D eigenvalue weighted by Gasteiger charge is -1.97. The van der Waals surface area contributed by atoms with Gasteiger partial charge in [-0.1, -0.05) is 0 Å². The molecule has 0 unspecified atom stereocenters. The van der Waals surface area contributed by atoms with Gasteiger partial charge in [-0.3, -0.25) is 0 Å². The number of rotatable bonds is 0. The van der Waals surface area contributed by atoms with Crippen LogP contribution >= 0.6 is 21.2 Å². The van der Waals surface area contributed by atoms with E-state index in [2.05, 4.69) is 33.2 Å². The lowest BCUT2D eigenvalue weighted by Crippen LogP contribution is -1.57. The Morgan fingerprint density at radius 3 is 1.83 bits per heavy atom. The van der Waals surface area contributed by atoms with Crippen molar-refractivity contribution < 1.29 is 0 Å². The highest BCUT2D eigenvalue weighted by Crippen LogP contribution is 2.48. The van der Waals surface area contributed by atoms with Gasteiger partial charge >= 0.3 is 0 Å². The normalized spacial score (nSPS) is 11.8. The predicted molar refractivity (Wildman–Crippen MR) is 40.1 cm³/mol. The third-order valence-corrected chi connectivity index (χ3v) is 7.14. The van der Waals surface area contributed by atoms with Gasteiger partial charge in [0.2, 0.25) is 0 Å². The quantitative estimate of drug-likeness (QED) is 0.396. The van der Waals surface area contributed by atoms with Crippen LogP contribution in [0.25, 0.3) is 0 Å². The Morgan fingerprint density at radius 2 is 1.83 bits per heavy atom. The van der Waals surface area contributed by atoms with Crippen LogP contribution in [0.3, 0.4) is 0 Å². The average Bonchev–Trinajstić information content (AvgIpc) is 1.35. The molecule has 0 atom stereocenters. The highest BCUT2D eigenvalue weighted by atomic mass is 79.9. The first-order chi connectivity index (χ1) is 2.56. The molecule has 0 saturated heterocycles. The number of nitrogens with zero attached hydrogens (tertiary/aromatic N) is 1. The second-order valence-corrected chi connectivity index (χ2v) is 10.8. The van der Waals surface area contributed by atoms with E-state index >= 15 is 0 Å². The van der Waals surface area contributed by atoms with E-state index in [1.807, 2.05) is 0 Å². The molecule has 0 aliphatic rings. The zero-order chi connectivity index (χ0) is 5.21. The molecule has 0 aromatic carbocycles. The summed E-state index contributed by atoms with van der Waals surface area (Å²) in [5, 5.41) is 0. The molecular weight excluding hydrogens is 177 g/mol. The summed E-state index contributed by atoms with van der Waals surface area (Å²) in [6.45, 7) is 4.28. The molecule has 6 heavy (non-hydrogen) atoms. The summed E-state index contributed by atoms with van der Waals surface area (Å²) in [5.74, 6) is -0.897. The summed E-state index contributed by atoms with van der Waals surface area (Å²) in [7, 11) is 0.976. The summed E-state index contributed by atoms with van der Waals surface area (Å²) >= 11 is 3.46. The Morgan fingerprint density at radius 1 is 1.67 bits per heavy atom. The third-order valence-electron chi connectivity index (χ3n) is 0.476. The number of halogens is 1. The van der Waals surface area contributed by atoms with E-state index in [1.54, 1.807) is 0 Å². The van der Waals surface area contributed by atoms with Gasteiger partial charge in [-0.2, -0.15) is 0 Å². The summed E-state index contributed by atoms with van der Waals surface area (Å²) in [5.41, 5.74) is 0. The average molecular weight is 186 g/mol. The van der Waals surface area contributed by atoms with E-state index < -0.39 is 5.76 Å². The molecule has 0 fully saturated rings. The van der Waals surface area contributed by atoms with Crippen molar-refractivity contribution in [2.45, 2.75) is 0 Å². The van der Waals surface area contributed by atoms with Gasteiger partial charge in [-0.05, 0) is 28.8 Å². The Balaban J connectivity index is 3.79. The zero-order valence-corrected chi connectivity index (χ0v) is 8.75. The molecule has 0 radical (unpaired) electrons. The smallest absolute Gasteiger partial charge is 0.134 e. The molecule has 0 aromatic rings. The lowest BCUT2D eigenvalue weighted by molar-refractivity contribution is 1.95. The summed E-state index contributed by atoms with van der Waals surface area (Å²) in [6, 6.07) is 0. The van der Waals surface area contributed by atoms with Crippen molar-refractivity contribution in [1.82, 2.24) is 0 Å². The Hall–Kier alpha value is 0.927. The third kappa shape index (κ3) is 4.93. The van der Waals surface area contributed by atoms with Crippen LogP contribution in [0.5, 0.6) is 0 Å². The molecule has 0 rings (SSSR count). The van der Waals surface area contributed by atoms with Crippen LogP contribution in [0.15, 0.2) is 4.41 Å². The summed E-state index contributed by atoms with van der Waals surface area (Å²) < 4.78 is 4.19. The van der Waals surface area contributed by atoms with E-state index in [-0.39, 0.29) is 0 Å². The van der Waals surface area contributed by atoms with Crippen LogP contribution in [0.2, 0.25) is 0 Å². The molecular formula is C2H9BrNPSi. The number of hydrogen-bond acceptors (Lipinski definition) is 1. The van der Waals surface area contributed by atoms with Crippen molar-refractivity contribution >= 4 is 31.7 Å². The standard InChI is InChI=1S/C2H9BrNPSi/c1-5(2,3)4-6/h1-2,6H3. The van der Waals surface area contributed by atoms with Crippen LogP contribution in [0.1, 0.15) is 0 Å². The highest BCUT2D eigenvalue weighted by molar-refractivity contribution is 9.40. The fourth-order valence-electron chi connectivity index (χ4n) is 0. The SMILES string of the molecule is CP(C)(Br)=N[SiH3]. The summed E-state index contributed by atoms with van der Waals surface area (Å²) in [6.07, 6.45) is 0. The zero-order valence-electron chi connectivity index (χ0n) is 4.27. The van der Waals surface area contributed by atoms with E-state index in [0.29, 0.717) is 0 Å². The second-order valence-electron chi connectivity index (χ2n) is 1.46. The van der Waals surface area contributed by atoms with Gasteiger partial charge in [0.25, 0.3) is 0 Å². The fraction of sp³-hybridized carbons (Fsp3) is 1.00. The Kier molecular flexibility index (Phi) is 2.64. The first kappa shape index (κ1) is 6.93. The second kappa shape index (κ2) is 2.29. The topological polar surface area (TPSA) is 12.4 Å². The minimum Gasteiger partial charge on any atom is -0.339 e. The molecule has 0 aliphatic carbocycles.